The van der Waals surface area contributed by atoms with Gasteiger partial charge in [-0.05, 0) is 41.8 Å². The van der Waals surface area contributed by atoms with Gasteiger partial charge in [-0.15, -0.1) is 0 Å². The van der Waals surface area contributed by atoms with Crippen LogP contribution in [0.1, 0.15) is 23.5 Å². The third kappa shape index (κ3) is 7.93. The highest BCUT2D eigenvalue weighted by Crippen LogP contribution is 2.28. The molecule has 9 heteroatoms. The summed E-state index contributed by atoms with van der Waals surface area (Å²) in [7, 11) is 1.67. The molecule has 7 nitrogen and oxygen atoms in total. The van der Waals surface area contributed by atoms with Crippen molar-refractivity contribution < 1.29 is 9.53 Å². The van der Waals surface area contributed by atoms with E-state index in [2.05, 4.69) is 80.8 Å². The van der Waals surface area contributed by atoms with Crippen molar-refractivity contribution in [1.29, 1.82) is 0 Å². The molecule has 1 fully saturated rings. The SMILES string of the molecule is COc1ccc(N2CCN(c3cc(Cl)nc(SCC(=O)NCCC(c4ccccc4)c4ccccc4)n3)CC2)cc1. The van der Waals surface area contributed by atoms with Gasteiger partial charge >= 0.3 is 0 Å². The molecule has 41 heavy (non-hydrogen) atoms. The molecule has 1 N–H and O–H groups in total. The molecule has 1 aliphatic heterocycles. The number of thioether (sulfide) groups is 1. The maximum absolute atomic E-state index is 12.7. The summed E-state index contributed by atoms with van der Waals surface area (Å²) >= 11 is 7.66. The second-order valence-electron chi connectivity index (χ2n) is 9.80. The van der Waals surface area contributed by atoms with Crippen LogP contribution in [-0.4, -0.2) is 61.5 Å². The Bertz CT molecular complexity index is 1360. The van der Waals surface area contributed by atoms with Crippen molar-refractivity contribution in [3.63, 3.8) is 0 Å². The summed E-state index contributed by atoms with van der Waals surface area (Å²) in [5.41, 5.74) is 3.66. The predicted molar refractivity (Wildman–Crippen MR) is 168 cm³/mol. The molecule has 0 spiro atoms. The minimum atomic E-state index is -0.0481. The summed E-state index contributed by atoms with van der Waals surface area (Å²) < 4.78 is 5.27. The maximum atomic E-state index is 12.7. The Labute approximate surface area is 250 Å². The normalized spacial score (nSPS) is 13.3. The first-order chi connectivity index (χ1) is 20.1. The molecule has 1 aliphatic rings. The highest BCUT2D eigenvalue weighted by molar-refractivity contribution is 7.99. The Morgan fingerprint density at radius 3 is 2.12 bits per heavy atom. The van der Waals surface area contributed by atoms with Gasteiger partial charge in [0.15, 0.2) is 5.16 Å². The Hall–Kier alpha value is -3.75. The highest BCUT2D eigenvalue weighted by Gasteiger charge is 2.20. The Morgan fingerprint density at radius 1 is 0.902 bits per heavy atom. The Kier molecular flexibility index (Phi) is 9.99. The minimum Gasteiger partial charge on any atom is -0.497 e. The standard InChI is InChI=1S/C32H34ClN5O2S/c1-40-27-14-12-26(13-15-27)37-18-20-38(21-19-37)30-22-29(33)35-32(36-30)41-23-31(39)34-17-16-28(24-8-4-2-5-9-24)25-10-6-3-7-11-25/h2-15,22,28H,16-21,23H2,1H3,(H,34,39). The van der Waals surface area contributed by atoms with Crippen molar-refractivity contribution in [3.05, 3.63) is 107 Å². The molecule has 212 valence electrons. The fourth-order valence-electron chi connectivity index (χ4n) is 5.03. The number of benzene rings is 3. The fourth-order valence-corrected chi connectivity index (χ4v) is 5.94. The van der Waals surface area contributed by atoms with Crippen molar-refractivity contribution in [2.24, 2.45) is 0 Å². The molecule has 0 radical (unpaired) electrons. The molecule has 1 amide bonds. The van der Waals surface area contributed by atoms with Gasteiger partial charge in [-0.3, -0.25) is 4.79 Å². The topological polar surface area (TPSA) is 70.6 Å². The Morgan fingerprint density at radius 2 is 1.51 bits per heavy atom. The predicted octanol–water partition coefficient (Wildman–Crippen LogP) is 5.90. The van der Waals surface area contributed by atoms with Crippen LogP contribution < -0.4 is 19.9 Å². The smallest absolute Gasteiger partial charge is 0.230 e. The first-order valence-electron chi connectivity index (χ1n) is 13.8. The van der Waals surface area contributed by atoms with Gasteiger partial charge in [-0.1, -0.05) is 84.0 Å². The van der Waals surface area contributed by atoms with Crippen LogP contribution in [0.2, 0.25) is 5.15 Å². The van der Waals surface area contributed by atoms with E-state index in [1.54, 1.807) is 13.2 Å². The Balaban J connectivity index is 1.12. The number of halogens is 1. The van der Waals surface area contributed by atoms with E-state index in [0.29, 0.717) is 16.9 Å². The van der Waals surface area contributed by atoms with E-state index in [4.69, 9.17) is 21.3 Å². The van der Waals surface area contributed by atoms with Crippen molar-refractivity contribution in [3.8, 4) is 5.75 Å². The van der Waals surface area contributed by atoms with E-state index < -0.39 is 0 Å². The third-order valence-corrected chi connectivity index (χ3v) is 8.23. The molecule has 0 atom stereocenters. The van der Waals surface area contributed by atoms with Crippen LogP contribution in [0, 0.1) is 0 Å². The number of methoxy groups -OCH3 is 1. The van der Waals surface area contributed by atoms with E-state index in [1.807, 2.05) is 24.3 Å². The van der Waals surface area contributed by atoms with Crippen LogP contribution in [0.5, 0.6) is 5.75 Å². The molecule has 4 aromatic rings. The summed E-state index contributed by atoms with van der Waals surface area (Å²) in [6.07, 6.45) is 0.810. The number of nitrogens with one attached hydrogen (secondary N) is 1. The number of hydrogen-bond donors (Lipinski definition) is 1. The van der Waals surface area contributed by atoms with Crippen LogP contribution >= 0.6 is 23.4 Å². The molecular formula is C32H34ClN5O2S. The number of carbonyl (C=O) groups excluding carboxylic acids is 1. The average Bonchev–Trinajstić information content (AvgIpc) is 3.03. The van der Waals surface area contributed by atoms with Crippen molar-refractivity contribution in [1.82, 2.24) is 15.3 Å². The first kappa shape index (κ1) is 28.8. The number of piperazine rings is 1. The molecule has 0 aliphatic carbocycles. The van der Waals surface area contributed by atoms with Gasteiger partial charge in [0.2, 0.25) is 5.91 Å². The monoisotopic (exact) mass is 587 g/mol. The molecule has 2 heterocycles. The van der Waals surface area contributed by atoms with Gasteiger partial charge in [0.25, 0.3) is 0 Å². The number of anilines is 2. The van der Waals surface area contributed by atoms with Crippen molar-refractivity contribution in [2.45, 2.75) is 17.5 Å². The summed E-state index contributed by atoms with van der Waals surface area (Å²) in [4.78, 5) is 26.3. The second kappa shape index (κ2) is 14.2. The molecule has 5 rings (SSSR count). The number of ether oxygens (including phenoxy) is 1. The molecule has 3 aromatic carbocycles. The van der Waals surface area contributed by atoms with Gasteiger partial charge in [0, 0.05) is 50.4 Å². The molecule has 0 bridgehead atoms. The first-order valence-corrected chi connectivity index (χ1v) is 15.1. The van der Waals surface area contributed by atoms with E-state index >= 15 is 0 Å². The van der Waals surface area contributed by atoms with Crippen LogP contribution in [0.15, 0.2) is 96.2 Å². The molecule has 1 saturated heterocycles. The molecule has 1 aromatic heterocycles. The van der Waals surface area contributed by atoms with Gasteiger partial charge < -0.3 is 19.9 Å². The van der Waals surface area contributed by atoms with Crippen LogP contribution in [-0.2, 0) is 4.79 Å². The number of amides is 1. The molecule has 0 unspecified atom stereocenters. The number of nitrogens with zero attached hydrogens (tertiary/aromatic N) is 4. The molecule has 0 saturated carbocycles. The third-order valence-electron chi connectivity index (χ3n) is 7.19. The zero-order chi connectivity index (χ0) is 28.4. The van der Waals surface area contributed by atoms with Crippen LogP contribution in [0.3, 0.4) is 0 Å². The minimum absolute atomic E-state index is 0.0481. The molecular weight excluding hydrogens is 554 g/mol. The largest absolute Gasteiger partial charge is 0.497 e. The lowest BCUT2D eigenvalue weighted by atomic mass is 9.88. The van der Waals surface area contributed by atoms with Crippen molar-refractivity contribution >= 4 is 40.8 Å². The van der Waals surface area contributed by atoms with Gasteiger partial charge in [-0.2, -0.15) is 0 Å². The van der Waals surface area contributed by atoms with Crippen LogP contribution in [0.25, 0.3) is 0 Å². The maximum Gasteiger partial charge on any atom is 0.230 e. The second-order valence-corrected chi connectivity index (χ2v) is 11.1. The van der Waals surface area contributed by atoms with Gasteiger partial charge in [-0.25, -0.2) is 9.97 Å². The summed E-state index contributed by atoms with van der Waals surface area (Å²) in [6, 6.07) is 30.8. The number of hydrogen-bond acceptors (Lipinski definition) is 7. The zero-order valence-electron chi connectivity index (χ0n) is 23.1. The fraction of sp³-hybridized carbons (Fsp3) is 0.281. The lowest BCUT2D eigenvalue weighted by Gasteiger charge is -2.36. The zero-order valence-corrected chi connectivity index (χ0v) is 24.7. The van der Waals surface area contributed by atoms with Crippen LogP contribution in [0.4, 0.5) is 11.5 Å². The van der Waals surface area contributed by atoms with Gasteiger partial charge in [0.05, 0.1) is 12.9 Å². The van der Waals surface area contributed by atoms with Gasteiger partial charge in [0.1, 0.15) is 16.7 Å². The van der Waals surface area contributed by atoms with E-state index in [1.165, 1.54) is 28.6 Å². The number of rotatable bonds is 11. The summed E-state index contributed by atoms with van der Waals surface area (Å²) in [5.74, 6) is 2.04. The van der Waals surface area contributed by atoms with E-state index in [0.717, 1.165) is 44.2 Å². The average molecular weight is 588 g/mol. The lowest BCUT2D eigenvalue weighted by molar-refractivity contribution is -0.118. The quantitative estimate of drug-likeness (QED) is 0.133. The van der Waals surface area contributed by atoms with E-state index in [-0.39, 0.29) is 17.6 Å². The number of aromatic nitrogens is 2. The summed E-state index contributed by atoms with van der Waals surface area (Å²) in [6.45, 7) is 3.94. The number of carbonyl (C=O) groups is 1. The van der Waals surface area contributed by atoms with E-state index in [9.17, 15) is 4.79 Å². The summed E-state index contributed by atoms with van der Waals surface area (Å²) in [5, 5.41) is 3.96. The highest BCUT2D eigenvalue weighted by atomic mass is 35.5. The lowest BCUT2D eigenvalue weighted by Crippen LogP contribution is -2.46. The van der Waals surface area contributed by atoms with Crippen molar-refractivity contribution in [2.75, 3.05) is 55.4 Å².